The number of aromatic nitrogens is 1. The first-order valence-corrected chi connectivity index (χ1v) is 5.46. The molecule has 16 heavy (non-hydrogen) atoms. The van der Waals surface area contributed by atoms with Gasteiger partial charge < -0.3 is 10.5 Å². The third-order valence-corrected chi connectivity index (χ3v) is 2.64. The molecule has 1 aromatic heterocycles. The van der Waals surface area contributed by atoms with Gasteiger partial charge in [0.2, 0.25) is 0 Å². The van der Waals surface area contributed by atoms with Crippen molar-refractivity contribution < 1.29 is 14.3 Å². The van der Waals surface area contributed by atoms with E-state index in [-0.39, 0.29) is 18.2 Å². The summed E-state index contributed by atoms with van der Waals surface area (Å²) in [5, 5.41) is 4.48. The van der Waals surface area contributed by atoms with Crippen molar-refractivity contribution in [3.8, 4) is 0 Å². The molecular formula is C9H13N3O3S. The molecular weight excluding hydrogens is 230 g/mol. The summed E-state index contributed by atoms with van der Waals surface area (Å²) in [5.41, 5.74) is 5.67. The lowest BCUT2D eigenvalue weighted by Crippen LogP contribution is -2.35. The van der Waals surface area contributed by atoms with Crippen LogP contribution < -0.4 is 11.1 Å². The highest BCUT2D eigenvalue weighted by atomic mass is 32.1. The van der Waals surface area contributed by atoms with Gasteiger partial charge in [0.15, 0.2) is 10.9 Å². The molecule has 0 aliphatic heterocycles. The zero-order valence-electron chi connectivity index (χ0n) is 9.02. The summed E-state index contributed by atoms with van der Waals surface area (Å²) < 4.78 is 4.86. The number of methoxy groups -OCH3 is 1. The minimum Gasteiger partial charge on any atom is -0.370 e. The lowest BCUT2D eigenvalue weighted by atomic mass is 10.3. The maximum atomic E-state index is 11.5. The van der Waals surface area contributed by atoms with E-state index in [9.17, 15) is 9.59 Å². The quantitative estimate of drug-likeness (QED) is 0.723. The monoisotopic (exact) mass is 243 g/mol. The minimum atomic E-state index is -0.704. The van der Waals surface area contributed by atoms with E-state index < -0.39 is 6.10 Å². The molecule has 7 heteroatoms. The molecule has 0 aliphatic carbocycles. The highest BCUT2D eigenvalue weighted by molar-refractivity contribution is 7.14. The number of nitrogens with two attached hydrogens (primary N) is 1. The van der Waals surface area contributed by atoms with E-state index >= 15 is 0 Å². The summed E-state index contributed by atoms with van der Waals surface area (Å²) in [4.78, 5) is 26.4. The third-order valence-electron chi connectivity index (χ3n) is 1.89. The highest BCUT2D eigenvalue weighted by Crippen LogP contribution is 2.15. The maximum absolute atomic E-state index is 11.5. The van der Waals surface area contributed by atoms with Crippen LogP contribution in [0.3, 0.4) is 0 Å². The van der Waals surface area contributed by atoms with Gasteiger partial charge in [-0.15, -0.1) is 11.3 Å². The van der Waals surface area contributed by atoms with Crippen molar-refractivity contribution in [1.82, 2.24) is 4.98 Å². The van der Waals surface area contributed by atoms with Crippen molar-refractivity contribution in [3.63, 3.8) is 0 Å². The molecule has 1 amide bonds. The van der Waals surface area contributed by atoms with Gasteiger partial charge in [0.1, 0.15) is 11.8 Å². The Bertz CT molecular complexity index is 387. The summed E-state index contributed by atoms with van der Waals surface area (Å²) in [7, 11) is 1.40. The fourth-order valence-electron chi connectivity index (χ4n) is 0.989. The number of carbonyl (C=O) groups excluding carboxylic acids is 2. The molecule has 0 saturated carbocycles. The molecule has 1 aromatic rings. The van der Waals surface area contributed by atoms with Crippen LogP contribution in [0.4, 0.5) is 5.13 Å². The number of hydrogen-bond donors (Lipinski definition) is 2. The predicted octanol–water partition coefficient (Wildman–Crippen LogP) is 0.258. The number of anilines is 1. The summed E-state index contributed by atoms with van der Waals surface area (Å²) in [5.74, 6) is -0.506. The number of nitrogens with one attached hydrogen (secondary N) is 1. The molecule has 0 aromatic carbocycles. The van der Waals surface area contributed by atoms with Crippen molar-refractivity contribution in [2.24, 2.45) is 5.73 Å². The van der Waals surface area contributed by atoms with Gasteiger partial charge in [0.05, 0.1) is 0 Å². The topological polar surface area (TPSA) is 94.3 Å². The van der Waals surface area contributed by atoms with Crippen molar-refractivity contribution in [1.29, 1.82) is 0 Å². The Hall–Kier alpha value is -1.31. The molecule has 1 unspecified atom stereocenters. The fourth-order valence-corrected chi connectivity index (χ4v) is 1.74. The highest BCUT2D eigenvalue weighted by Gasteiger charge is 2.17. The molecule has 1 rings (SSSR count). The minimum absolute atomic E-state index is 0.0905. The van der Waals surface area contributed by atoms with Gasteiger partial charge in [-0.1, -0.05) is 0 Å². The van der Waals surface area contributed by atoms with Crippen LogP contribution in [-0.2, 0) is 9.53 Å². The van der Waals surface area contributed by atoms with Crippen LogP contribution in [0.1, 0.15) is 17.4 Å². The number of thiazole rings is 1. The molecule has 1 atom stereocenters. The van der Waals surface area contributed by atoms with E-state index in [4.69, 9.17) is 10.5 Å². The number of carbonyl (C=O) groups is 2. The van der Waals surface area contributed by atoms with Crippen LogP contribution in [0.25, 0.3) is 0 Å². The lowest BCUT2D eigenvalue weighted by molar-refractivity contribution is -0.125. The maximum Gasteiger partial charge on any atom is 0.256 e. The second-order valence-electron chi connectivity index (χ2n) is 3.04. The molecule has 0 radical (unpaired) electrons. The van der Waals surface area contributed by atoms with E-state index in [0.29, 0.717) is 10.8 Å². The predicted molar refractivity (Wildman–Crippen MR) is 60.6 cm³/mol. The standard InChI is InChI=1S/C9H13N3O3S/c1-5(13)6-4-16-9(11-6)12-8(14)7(3-10)15-2/h4,7H,3,10H2,1-2H3,(H,11,12,14). The van der Waals surface area contributed by atoms with E-state index in [0.717, 1.165) is 0 Å². The first-order valence-electron chi connectivity index (χ1n) is 4.58. The Labute approximate surface area is 96.8 Å². The molecule has 6 nitrogen and oxygen atoms in total. The first kappa shape index (κ1) is 12.8. The molecule has 0 bridgehead atoms. The van der Waals surface area contributed by atoms with Crippen LogP contribution in [0.15, 0.2) is 5.38 Å². The Balaban J connectivity index is 2.65. The van der Waals surface area contributed by atoms with E-state index in [1.807, 2.05) is 0 Å². The second kappa shape index (κ2) is 5.69. The van der Waals surface area contributed by atoms with E-state index in [2.05, 4.69) is 10.3 Å². The van der Waals surface area contributed by atoms with Crippen molar-refractivity contribution in [2.75, 3.05) is 19.0 Å². The number of hydrogen-bond acceptors (Lipinski definition) is 6. The average molecular weight is 243 g/mol. The lowest BCUT2D eigenvalue weighted by Gasteiger charge is -2.10. The van der Waals surface area contributed by atoms with Crippen LogP contribution in [-0.4, -0.2) is 36.4 Å². The number of ketones is 1. The van der Waals surface area contributed by atoms with Crippen LogP contribution in [0, 0.1) is 0 Å². The third kappa shape index (κ3) is 3.09. The van der Waals surface area contributed by atoms with Crippen LogP contribution >= 0.6 is 11.3 Å². The number of ether oxygens (including phenoxy) is 1. The zero-order valence-corrected chi connectivity index (χ0v) is 9.84. The largest absolute Gasteiger partial charge is 0.370 e. The summed E-state index contributed by atoms with van der Waals surface area (Å²) >= 11 is 1.18. The number of amides is 1. The Morgan fingerprint density at radius 1 is 1.69 bits per heavy atom. The van der Waals surface area contributed by atoms with Gasteiger partial charge in [0.25, 0.3) is 5.91 Å². The normalized spacial score (nSPS) is 12.2. The Kier molecular flexibility index (Phi) is 4.53. The molecule has 1 heterocycles. The van der Waals surface area contributed by atoms with Gasteiger partial charge >= 0.3 is 0 Å². The average Bonchev–Trinajstić information content (AvgIpc) is 2.68. The summed E-state index contributed by atoms with van der Waals surface area (Å²) in [6.07, 6.45) is -0.704. The van der Waals surface area contributed by atoms with Crippen molar-refractivity contribution >= 4 is 28.2 Å². The van der Waals surface area contributed by atoms with Crippen molar-refractivity contribution in [3.05, 3.63) is 11.1 Å². The van der Waals surface area contributed by atoms with Crippen molar-refractivity contribution in [2.45, 2.75) is 13.0 Å². The van der Waals surface area contributed by atoms with E-state index in [1.54, 1.807) is 5.38 Å². The summed E-state index contributed by atoms with van der Waals surface area (Å²) in [6, 6.07) is 0. The van der Waals surface area contributed by atoms with Gasteiger partial charge in [-0.25, -0.2) is 4.98 Å². The number of rotatable bonds is 5. The van der Waals surface area contributed by atoms with Gasteiger partial charge in [-0.05, 0) is 0 Å². The molecule has 0 saturated heterocycles. The van der Waals surface area contributed by atoms with Gasteiger partial charge in [-0.3, -0.25) is 14.9 Å². The van der Waals surface area contributed by atoms with Crippen LogP contribution in [0.5, 0.6) is 0 Å². The molecule has 0 aliphatic rings. The second-order valence-corrected chi connectivity index (χ2v) is 3.90. The molecule has 0 spiro atoms. The first-order chi connectivity index (χ1) is 7.58. The number of nitrogens with zero attached hydrogens (tertiary/aromatic N) is 1. The fraction of sp³-hybridized carbons (Fsp3) is 0.444. The van der Waals surface area contributed by atoms with E-state index in [1.165, 1.54) is 25.4 Å². The van der Waals surface area contributed by atoms with Gasteiger partial charge in [-0.2, -0.15) is 0 Å². The van der Waals surface area contributed by atoms with Gasteiger partial charge in [0, 0.05) is 26.0 Å². The zero-order chi connectivity index (χ0) is 12.1. The molecule has 0 fully saturated rings. The summed E-state index contributed by atoms with van der Waals surface area (Å²) in [6.45, 7) is 1.51. The molecule has 3 N–H and O–H groups in total. The smallest absolute Gasteiger partial charge is 0.256 e. The number of Topliss-reactive ketones (excluding diaryl/α,β-unsaturated/α-hetero) is 1. The Morgan fingerprint density at radius 2 is 2.38 bits per heavy atom. The molecule has 88 valence electrons. The van der Waals surface area contributed by atoms with Crippen LogP contribution in [0.2, 0.25) is 0 Å². The Morgan fingerprint density at radius 3 is 2.81 bits per heavy atom. The SMILES string of the molecule is COC(CN)C(=O)Nc1nc(C(C)=O)cs1.